The first-order chi connectivity index (χ1) is 9.42. The number of nitrogens with one attached hydrogen (secondary N) is 2. The second-order valence-electron chi connectivity index (χ2n) is 5.94. The molecule has 3 nitrogen and oxygen atoms in total. The van der Waals surface area contributed by atoms with Crippen molar-refractivity contribution < 1.29 is 4.79 Å². The number of rotatable bonds is 3. The minimum atomic E-state index is -0.0935. The van der Waals surface area contributed by atoms with E-state index in [-0.39, 0.29) is 11.4 Å². The maximum absolute atomic E-state index is 12.4. The molecule has 3 heteroatoms. The number of amides is 1. The van der Waals surface area contributed by atoms with Crippen LogP contribution in [0, 0.1) is 0 Å². The zero-order valence-corrected chi connectivity index (χ0v) is 12.6. The van der Waals surface area contributed by atoms with Gasteiger partial charge in [-0.25, -0.2) is 0 Å². The van der Waals surface area contributed by atoms with Gasteiger partial charge >= 0.3 is 0 Å². The topological polar surface area (TPSA) is 41.1 Å². The van der Waals surface area contributed by atoms with Gasteiger partial charge < -0.3 is 10.6 Å². The van der Waals surface area contributed by atoms with Gasteiger partial charge in [-0.2, -0.15) is 0 Å². The van der Waals surface area contributed by atoms with Crippen molar-refractivity contribution in [3.05, 3.63) is 42.0 Å². The molecular formula is C17H22N2O. The molecule has 0 bridgehead atoms. The van der Waals surface area contributed by atoms with Crippen LogP contribution < -0.4 is 10.6 Å². The number of fused-ring (bicyclic) bond motifs is 1. The molecule has 2 rings (SSSR count). The fourth-order valence-electron chi connectivity index (χ4n) is 2.27. The van der Waals surface area contributed by atoms with Gasteiger partial charge in [-0.3, -0.25) is 4.79 Å². The van der Waals surface area contributed by atoms with Crippen LogP contribution in [-0.2, 0) is 0 Å². The maximum Gasteiger partial charge on any atom is 0.254 e. The highest BCUT2D eigenvalue weighted by Crippen LogP contribution is 2.28. The Kier molecular flexibility index (Phi) is 3.98. The third-order valence-corrected chi connectivity index (χ3v) is 3.00. The predicted molar refractivity (Wildman–Crippen MR) is 85.3 cm³/mol. The van der Waals surface area contributed by atoms with Gasteiger partial charge in [0.2, 0.25) is 0 Å². The van der Waals surface area contributed by atoms with E-state index in [1.54, 1.807) is 0 Å². The Morgan fingerprint density at radius 1 is 1.10 bits per heavy atom. The lowest BCUT2D eigenvalue weighted by molar-refractivity contribution is 0.0958. The molecule has 0 spiro atoms. The Hall–Kier alpha value is -2.03. The second kappa shape index (κ2) is 5.53. The quantitative estimate of drug-likeness (QED) is 0.890. The van der Waals surface area contributed by atoms with E-state index < -0.39 is 0 Å². The average Bonchev–Trinajstić information content (AvgIpc) is 2.36. The second-order valence-corrected chi connectivity index (χ2v) is 5.94. The standard InChI is InChI=1S/C17H22N2O/c1-5-18-16(20)15-13-9-7-6-8-12(13)10-11-14(15)19-17(2,3)4/h6-11,19H,5H2,1-4H3,(H,18,20). The summed E-state index contributed by atoms with van der Waals surface area (Å²) in [5.74, 6) is -0.0314. The average molecular weight is 270 g/mol. The lowest BCUT2D eigenvalue weighted by Crippen LogP contribution is -2.29. The van der Waals surface area contributed by atoms with Crippen molar-refractivity contribution in [3.63, 3.8) is 0 Å². The van der Waals surface area contributed by atoms with Crippen molar-refractivity contribution in [3.8, 4) is 0 Å². The number of benzene rings is 2. The predicted octanol–water partition coefficient (Wildman–Crippen LogP) is 3.80. The minimum absolute atomic E-state index is 0.0314. The van der Waals surface area contributed by atoms with Crippen molar-refractivity contribution in [2.75, 3.05) is 11.9 Å². The molecule has 0 fully saturated rings. The Bertz CT molecular complexity index is 626. The fourth-order valence-corrected chi connectivity index (χ4v) is 2.27. The third-order valence-electron chi connectivity index (χ3n) is 3.00. The van der Waals surface area contributed by atoms with Crippen LogP contribution in [0.4, 0.5) is 5.69 Å². The SMILES string of the molecule is CCNC(=O)c1c(NC(C)(C)C)ccc2ccccc12. The highest BCUT2D eigenvalue weighted by Gasteiger charge is 2.18. The van der Waals surface area contributed by atoms with E-state index in [1.165, 1.54) is 0 Å². The molecule has 106 valence electrons. The summed E-state index contributed by atoms with van der Waals surface area (Å²) in [6, 6.07) is 12.0. The van der Waals surface area contributed by atoms with E-state index >= 15 is 0 Å². The molecule has 0 heterocycles. The first kappa shape index (κ1) is 14.4. The van der Waals surface area contributed by atoms with Crippen LogP contribution in [0.25, 0.3) is 10.8 Å². The van der Waals surface area contributed by atoms with Crippen LogP contribution >= 0.6 is 0 Å². The number of anilines is 1. The number of hydrogen-bond acceptors (Lipinski definition) is 2. The molecule has 0 unspecified atom stereocenters. The summed E-state index contributed by atoms with van der Waals surface area (Å²) >= 11 is 0. The van der Waals surface area contributed by atoms with Crippen LogP contribution in [0.3, 0.4) is 0 Å². The molecule has 1 amide bonds. The van der Waals surface area contributed by atoms with Crippen molar-refractivity contribution in [2.45, 2.75) is 33.2 Å². The highest BCUT2D eigenvalue weighted by atomic mass is 16.1. The van der Waals surface area contributed by atoms with Crippen molar-refractivity contribution in [1.82, 2.24) is 5.32 Å². The summed E-state index contributed by atoms with van der Waals surface area (Å²) in [7, 11) is 0. The number of carbonyl (C=O) groups excluding carboxylic acids is 1. The van der Waals surface area contributed by atoms with E-state index in [1.807, 2.05) is 43.3 Å². The highest BCUT2D eigenvalue weighted by molar-refractivity contribution is 6.11. The molecular weight excluding hydrogens is 248 g/mol. The van der Waals surface area contributed by atoms with Gasteiger partial charge in [-0.05, 0) is 44.5 Å². The lowest BCUT2D eigenvalue weighted by atomic mass is 9.99. The first-order valence-corrected chi connectivity index (χ1v) is 7.00. The molecule has 0 saturated carbocycles. The summed E-state index contributed by atoms with van der Waals surface area (Å²) in [5.41, 5.74) is 1.51. The molecule has 0 saturated heterocycles. The normalized spacial score (nSPS) is 11.4. The smallest absolute Gasteiger partial charge is 0.254 e. The molecule has 2 aromatic rings. The van der Waals surface area contributed by atoms with Gasteiger partial charge in [0.25, 0.3) is 5.91 Å². The van der Waals surface area contributed by atoms with E-state index in [4.69, 9.17) is 0 Å². The monoisotopic (exact) mass is 270 g/mol. The zero-order valence-electron chi connectivity index (χ0n) is 12.6. The lowest BCUT2D eigenvalue weighted by Gasteiger charge is -2.24. The summed E-state index contributed by atoms with van der Waals surface area (Å²) in [6.07, 6.45) is 0. The first-order valence-electron chi connectivity index (χ1n) is 7.00. The van der Waals surface area contributed by atoms with Crippen LogP contribution in [-0.4, -0.2) is 18.0 Å². The fraction of sp³-hybridized carbons (Fsp3) is 0.353. The molecule has 20 heavy (non-hydrogen) atoms. The Balaban J connectivity index is 2.62. The molecule has 2 aromatic carbocycles. The molecule has 0 atom stereocenters. The van der Waals surface area contributed by atoms with Crippen molar-refractivity contribution in [1.29, 1.82) is 0 Å². The molecule has 0 aliphatic carbocycles. The molecule has 0 aliphatic rings. The Morgan fingerprint density at radius 3 is 2.45 bits per heavy atom. The Morgan fingerprint density at radius 2 is 1.80 bits per heavy atom. The van der Waals surface area contributed by atoms with Gasteiger partial charge in [0.05, 0.1) is 5.56 Å². The largest absolute Gasteiger partial charge is 0.380 e. The van der Waals surface area contributed by atoms with Crippen LogP contribution in [0.1, 0.15) is 38.1 Å². The minimum Gasteiger partial charge on any atom is -0.380 e. The van der Waals surface area contributed by atoms with Crippen LogP contribution in [0.15, 0.2) is 36.4 Å². The van der Waals surface area contributed by atoms with Crippen LogP contribution in [0.2, 0.25) is 0 Å². The van der Waals surface area contributed by atoms with Gasteiger partial charge in [0, 0.05) is 17.8 Å². The molecule has 0 aromatic heterocycles. The zero-order chi connectivity index (χ0) is 14.8. The van der Waals surface area contributed by atoms with Crippen LogP contribution in [0.5, 0.6) is 0 Å². The molecule has 2 N–H and O–H groups in total. The van der Waals surface area contributed by atoms with E-state index in [0.717, 1.165) is 22.0 Å². The number of carbonyl (C=O) groups is 1. The number of hydrogen-bond donors (Lipinski definition) is 2. The van der Waals surface area contributed by atoms with Crippen molar-refractivity contribution >= 4 is 22.4 Å². The summed E-state index contributed by atoms with van der Waals surface area (Å²) in [5, 5.41) is 8.38. The summed E-state index contributed by atoms with van der Waals surface area (Å²) < 4.78 is 0. The molecule has 0 radical (unpaired) electrons. The summed E-state index contributed by atoms with van der Waals surface area (Å²) in [4.78, 5) is 12.4. The van der Waals surface area contributed by atoms with Gasteiger partial charge in [0.1, 0.15) is 0 Å². The molecule has 0 aliphatic heterocycles. The van der Waals surface area contributed by atoms with E-state index in [9.17, 15) is 4.79 Å². The van der Waals surface area contributed by atoms with E-state index in [0.29, 0.717) is 6.54 Å². The van der Waals surface area contributed by atoms with E-state index in [2.05, 4.69) is 31.4 Å². The van der Waals surface area contributed by atoms with Gasteiger partial charge in [0.15, 0.2) is 0 Å². The van der Waals surface area contributed by atoms with Crippen molar-refractivity contribution in [2.24, 2.45) is 0 Å². The maximum atomic E-state index is 12.4. The Labute approximate surface area is 120 Å². The van der Waals surface area contributed by atoms with Gasteiger partial charge in [-0.15, -0.1) is 0 Å². The third kappa shape index (κ3) is 3.10. The van der Waals surface area contributed by atoms with Gasteiger partial charge in [-0.1, -0.05) is 30.3 Å². The summed E-state index contributed by atoms with van der Waals surface area (Å²) in [6.45, 7) is 8.81.